The van der Waals surface area contributed by atoms with Crippen molar-refractivity contribution in [1.29, 1.82) is 0 Å². The second kappa shape index (κ2) is 5.71. The summed E-state index contributed by atoms with van der Waals surface area (Å²) in [5.41, 5.74) is 1.18. The third-order valence-corrected chi connectivity index (χ3v) is 3.07. The molecule has 98 valence electrons. The molecule has 0 radical (unpaired) electrons. The third kappa shape index (κ3) is 3.46. The van der Waals surface area contributed by atoms with Crippen molar-refractivity contribution in [1.82, 2.24) is 15.1 Å². The standard InChI is InChI=1S/C13H18BrN3O/c1-9(2)15-6-13-10(3)4-12(18-13)8-17-7-11(14)5-16-17/h4-5,7,9,15H,6,8H2,1-3H3. The average Bonchev–Trinajstić information content (AvgIpc) is 2.83. The minimum absolute atomic E-state index is 0.458. The summed E-state index contributed by atoms with van der Waals surface area (Å²) in [4.78, 5) is 0. The molecule has 0 aromatic carbocycles. The number of nitrogens with one attached hydrogen (secondary N) is 1. The van der Waals surface area contributed by atoms with Crippen LogP contribution in [-0.4, -0.2) is 15.8 Å². The van der Waals surface area contributed by atoms with Gasteiger partial charge in [-0.3, -0.25) is 4.68 Å². The lowest BCUT2D eigenvalue weighted by molar-refractivity contribution is 0.420. The Bertz CT molecular complexity index is 516. The molecule has 0 saturated carbocycles. The van der Waals surface area contributed by atoms with E-state index >= 15 is 0 Å². The molecule has 0 atom stereocenters. The molecule has 2 rings (SSSR count). The van der Waals surface area contributed by atoms with Crippen LogP contribution in [0.15, 0.2) is 27.3 Å². The highest BCUT2D eigenvalue weighted by Gasteiger charge is 2.09. The fourth-order valence-electron chi connectivity index (χ4n) is 1.72. The molecule has 1 N–H and O–H groups in total. The van der Waals surface area contributed by atoms with Gasteiger partial charge < -0.3 is 9.73 Å². The molecule has 0 aliphatic heterocycles. The van der Waals surface area contributed by atoms with Gasteiger partial charge in [0.2, 0.25) is 0 Å². The normalized spacial score (nSPS) is 11.4. The van der Waals surface area contributed by atoms with Gasteiger partial charge in [0.15, 0.2) is 0 Å². The molecule has 2 heterocycles. The van der Waals surface area contributed by atoms with Crippen molar-refractivity contribution >= 4 is 15.9 Å². The van der Waals surface area contributed by atoms with Crippen LogP contribution in [0.2, 0.25) is 0 Å². The van der Waals surface area contributed by atoms with Crippen LogP contribution in [0.3, 0.4) is 0 Å². The summed E-state index contributed by atoms with van der Waals surface area (Å²) in [5, 5.41) is 7.58. The molecule has 0 amide bonds. The zero-order chi connectivity index (χ0) is 13.1. The number of rotatable bonds is 5. The maximum absolute atomic E-state index is 5.84. The Labute approximate surface area is 115 Å². The van der Waals surface area contributed by atoms with Gasteiger partial charge in [-0.25, -0.2) is 0 Å². The van der Waals surface area contributed by atoms with Crippen LogP contribution >= 0.6 is 15.9 Å². The van der Waals surface area contributed by atoms with Gasteiger partial charge in [0.25, 0.3) is 0 Å². The van der Waals surface area contributed by atoms with Crippen LogP contribution in [-0.2, 0) is 13.1 Å². The van der Waals surface area contributed by atoms with E-state index in [4.69, 9.17) is 4.42 Å². The van der Waals surface area contributed by atoms with E-state index in [0.717, 1.165) is 22.5 Å². The summed E-state index contributed by atoms with van der Waals surface area (Å²) in [6.07, 6.45) is 3.71. The van der Waals surface area contributed by atoms with Crippen molar-refractivity contribution in [2.75, 3.05) is 0 Å². The first-order chi connectivity index (χ1) is 8.54. The summed E-state index contributed by atoms with van der Waals surface area (Å²) < 4.78 is 8.67. The Morgan fingerprint density at radius 3 is 2.89 bits per heavy atom. The molecule has 0 unspecified atom stereocenters. The predicted octanol–water partition coefficient (Wildman–Crippen LogP) is 3.09. The molecule has 0 saturated heterocycles. The number of hydrogen-bond donors (Lipinski definition) is 1. The highest BCUT2D eigenvalue weighted by Crippen LogP contribution is 2.16. The van der Waals surface area contributed by atoms with Crippen LogP contribution < -0.4 is 5.32 Å². The lowest BCUT2D eigenvalue weighted by atomic mass is 10.2. The smallest absolute Gasteiger partial charge is 0.126 e. The van der Waals surface area contributed by atoms with Crippen LogP contribution in [0.4, 0.5) is 0 Å². The number of furan rings is 1. The van der Waals surface area contributed by atoms with Gasteiger partial charge in [-0.1, -0.05) is 13.8 Å². The molecule has 4 nitrogen and oxygen atoms in total. The molecule has 0 fully saturated rings. The van der Waals surface area contributed by atoms with E-state index in [1.54, 1.807) is 6.20 Å². The zero-order valence-corrected chi connectivity index (χ0v) is 12.5. The third-order valence-electron chi connectivity index (χ3n) is 2.66. The first kappa shape index (κ1) is 13.4. The maximum atomic E-state index is 5.84. The van der Waals surface area contributed by atoms with Crippen molar-refractivity contribution in [2.45, 2.75) is 39.9 Å². The molecule has 18 heavy (non-hydrogen) atoms. The van der Waals surface area contributed by atoms with E-state index in [0.29, 0.717) is 12.6 Å². The lowest BCUT2D eigenvalue weighted by Gasteiger charge is -2.06. The first-order valence-corrected chi connectivity index (χ1v) is 6.83. The first-order valence-electron chi connectivity index (χ1n) is 6.04. The zero-order valence-electron chi connectivity index (χ0n) is 10.9. The molecular weight excluding hydrogens is 294 g/mol. The maximum Gasteiger partial charge on any atom is 0.126 e. The number of halogens is 1. The molecule has 0 bridgehead atoms. The van der Waals surface area contributed by atoms with Crippen molar-refractivity contribution < 1.29 is 4.42 Å². The largest absolute Gasteiger partial charge is 0.462 e. The SMILES string of the molecule is Cc1cc(Cn2cc(Br)cn2)oc1CNC(C)C. The topological polar surface area (TPSA) is 43.0 Å². The molecule has 0 spiro atoms. The Kier molecular flexibility index (Phi) is 4.24. The van der Waals surface area contributed by atoms with E-state index in [1.807, 2.05) is 10.9 Å². The Morgan fingerprint density at radius 2 is 2.28 bits per heavy atom. The summed E-state index contributed by atoms with van der Waals surface area (Å²) >= 11 is 3.38. The number of aryl methyl sites for hydroxylation is 1. The minimum Gasteiger partial charge on any atom is -0.462 e. The number of aromatic nitrogens is 2. The van der Waals surface area contributed by atoms with E-state index in [-0.39, 0.29) is 0 Å². The van der Waals surface area contributed by atoms with Crippen molar-refractivity contribution in [3.63, 3.8) is 0 Å². The van der Waals surface area contributed by atoms with E-state index in [9.17, 15) is 0 Å². The van der Waals surface area contributed by atoms with Crippen LogP contribution in [0.25, 0.3) is 0 Å². The highest BCUT2D eigenvalue weighted by molar-refractivity contribution is 9.10. The molecule has 2 aromatic rings. The van der Waals surface area contributed by atoms with Crippen molar-refractivity contribution in [3.05, 3.63) is 40.0 Å². The fraction of sp³-hybridized carbons (Fsp3) is 0.462. The predicted molar refractivity (Wildman–Crippen MR) is 74.4 cm³/mol. The Hall–Kier alpha value is -1.07. The van der Waals surface area contributed by atoms with Gasteiger partial charge in [0, 0.05) is 12.2 Å². The van der Waals surface area contributed by atoms with Crippen LogP contribution in [0, 0.1) is 6.92 Å². The number of hydrogen-bond acceptors (Lipinski definition) is 3. The van der Waals surface area contributed by atoms with Gasteiger partial charge >= 0.3 is 0 Å². The molecule has 0 aliphatic rings. The molecule has 2 aromatic heterocycles. The average molecular weight is 312 g/mol. The van der Waals surface area contributed by atoms with E-state index < -0.39 is 0 Å². The quantitative estimate of drug-likeness (QED) is 0.922. The second-order valence-electron chi connectivity index (χ2n) is 4.71. The highest BCUT2D eigenvalue weighted by atomic mass is 79.9. The van der Waals surface area contributed by atoms with E-state index in [2.05, 4.69) is 53.2 Å². The van der Waals surface area contributed by atoms with Gasteiger partial charge in [0.1, 0.15) is 11.5 Å². The molecular formula is C13H18BrN3O. The Balaban J connectivity index is 2.04. The van der Waals surface area contributed by atoms with Gasteiger partial charge in [-0.05, 0) is 34.5 Å². The summed E-state index contributed by atoms with van der Waals surface area (Å²) in [6, 6.07) is 2.53. The summed E-state index contributed by atoms with van der Waals surface area (Å²) in [7, 11) is 0. The summed E-state index contributed by atoms with van der Waals surface area (Å²) in [5.74, 6) is 1.94. The summed E-state index contributed by atoms with van der Waals surface area (Å²) in [6.45, 7) is 7.75. The van der Waals surface area contributed by atoms with E-state index in [1.165, 1.54) is 5.56 Å². The van der Waals surface area contributed by atoms with Gasteiger partial charge in [-0.2, -0.15) is 5.10 Å². The molecule has 0 aliphatic carbocycles. The second-order valence-corrected chi connectivity index (χ2v) is 5.63. The van der Waals surface area contributed by atoms with Crippen LogP contribution in [0.1, 0.15) is 30.9 Å². The van der Waals surface area contributed by atoms with Crippen molar-refractivity contribution in [2.24, 2.45) is 0 Å². The Morgan fingerprint density at radius 1 is 1.50 bits per heavy atom. The van der Waals surface area contributed by atoms with Crippen LogP contribution in [0.5, 0.6) is 0 Å². The monoisotopic (exact) mass is 311 g/mol. The fourth-order valence-corrected chi connectivity index (χ4v) is 2.05. The molecule has 5 heteroatoms. The van der Waals surface area contributed by atoms with Gasteiger partial charge in [0.05, 0.1) is 23.8 Å². The lowest BCUT2D eigenvalue weighted by Crippen LogP contribution is -2.21. The van der Waals surface area contributed by atoms with Gasteiger partial charge in [-0.15, -0.1) is 0 Å². The number of nitrogens with zero attached hydrogens (tertiary/aromatic N) is 2. The minimum atomic E-state index is 0.458. The van der Waals surface area contributed by atoms with Crippen molar-refractivity contribution in [3.8, 4) is 0 Å².